The van der Waals surface area contributed by atoms with Crippen molar-refractivity contribution in [3.05, 3.63) is 32.6 Å². The molecule has 0 unspecified atom stereocenters. The van der Waals surface area contributed by atoms with Gasteiger partial charge in [-0.3, -0.25) is 19.1 Å². The normalized spacial score (nSPS) is 21.7. The smallest absolute Gasteiger partial charge is 0.459 e. The molecule has 0 bridgehead atoms. The van der Waals surface area contributed by atoms with Crippen molar-refractivity contribution in [3.8, 4) is 0 Å². The molecule has 0 spiro atoms. The van der Waals surface area contributed by atoms with Crippen LogP contribution in [0.5, 0.6) is 0 Å². The van der Waals surface area contributed by atoms with Crippen LogP contribution in [0, 0.1) is 6.92 Å². The van der Waals surface area contributed by atoms with E-state index < -0.39 is 41.8 Å². The number of aromatic amines is 1. The van der Waals surface area contributed by atoms with E-state index in [-0.39, 0.29) is 19.6 Å². The quantitative estimate of drug-likeness (QED) is 0.545. The highest BCUT2D eigenvalue weighted by molar-refractivity contribution is 5.66. The Morgan fingerprint density at radius 2 is 2.07 bits per heavy atom. The van der Waals surface area contributed by atoms with E-state index in [0.29, 0.717) is 5.56 Å². The lowest BCUT2D eigenvalue weighted by Gasteiger charge is -2.18. The minimum Gasteiger partial charge on any atom is -0.459 e. The topological polar surface area (TPSA) is 126 Å². The zero-order chi connectivity index (χ0) is 20.0. The number of H-pyrrole nitrogens is 1. The minimum absolute atomic E-state index is 0.171. The Labute approximate surface area is 155 Å². The fourth-order valence-electron chi connectivity index (χ4n) is 2.65. The molecule has 1 aliphatic rings. The third-order valence-corrected chi connectivity index (χ3v) is 4.04. The van der Waals surface area contributed by atoms with Crippen molar-refractivity contribution in [2.24, 2.45) is 0 Å². The maximum atomic E-state index is 12.0. The Morgan fingerprint density at radius 3 is 2.74 bits per heavy atom. The van der Waals surface area contributed by atoms with Gasteiger partial charge in [-0.15, -0.1) is 0 Å². The van der Waals surface area contributed by atoms with Gasteiger partial charge in [-0.1, -0.05) is 13.3 Å². The molecule has 150 valence electrons. The molecule has 10 nitrogen and oxygen atoms in total. The van der Waals surface area contributed by atoms with Crippen molar-refractivity contribution in [3.63, 3.8) is 0 Å². The maximum absolute atomic E-state index is 12.0. The number of ether oxygens (including phenoxy) is 4. The first-order valence-corrected chi connectivity index (χ1v) is 8.76. The highest BCUT2D eigenvalue weighted by atomic mass is 16.7. The summed E-state index contributed by atoms with van der Waals surface area (Å²) < 4.78 is 22.1. The predicted molar refractivity (Wildman–Crippen MR) is 92.3 cm³/mol. The molecule has 0 radical (unpaired) electrons. The molecule has 1 saturated heterocycles. The van der Waals surface area contributed by atoms with Crippen molar-refractivity contribution in [1.29, 1.82) is 0 Å². The highest BCUT2D eigenvalue weighted by Crippen LogP contribution is 2.30. The zero-order valence-corrected chi connectivity index (χ0v) is 15.6. The summed E-state index contributed by atoms with van der Waals surface area (Å²) in [4.78, 5) is 48.7. The number of carbonyl (C=O) groups is 2. The van der Waals surface area contributed by atoms with E-state index in [1.165, 1.54) is 17.7 Å². The van der Waals surface area contributed by atoms with Gasteiger partial charge in [0.15, 0.2) is 0 Å². The molecule has 2 rings (SSSR count). The van der Waals surface area contributed by atoms with Crippen molar-refractivity contribution in [1.82, 2.24) is 9.55 Å². The largest absolute Gasteiger partial charge is 0.508 e. The zero-order valence-electron chi connectivity index (χ0n) is 15.6. The van der Waals surface area contributed by atoms with Gasteiger partial charge in [0.25, 0.3) is 5.56 Å². The Balaban J connectivity index is 2.06. The highest BCUT2D eigenvalue weighted by Gasteiger charge is 2.40. The van der Waals surface area contributed by atoms with Crippen LogP contribution in [0.25, 0.3) is 0 Å². The first kappa shape index (κ1) is 20.7. The van der Waals surface area contributed by atoms with Gasteiger partial charge in [0.05, 0.1) is 6.61 Å². The molecule has 0 saturated carbocycles. The number of hydrogen-bond donors (Lipinski definition) is 1. The molecule has 1 N–H and O–H groups in total. The summed E-state index contributed by atoms with van der Waals surface area (Å²) in [6.07, 6.45) is 0.0515. The summed E-state index contributed by atoms with van der Waals surface area (Å²) in [6.45, 7) is 4.82. The Bertz CT molecular complexity index is 784. The van der Waals surface area contributed by atoms with Crippen molar-refractivity contribution >= 4 is 12.1 Å². The maximum Gasteiger partial charge on any atom is 0.508 e. The molecule has 1 fully saturated rings. The summed E-state index contributed by atoms with van der Waals surface area (Å²) in [5, 5.41) is 0. The lowest BCUT2D eigenvalue weighted by atomic mass is 10.2. The lowest BCUT2D eigenvalue weighted by Crippen LogP contribution is -2.33. The molecule has 1 aromatic rings. The van der Waals surface area contributed by atoms with E-state index in [4.69, 9.17) is 18.9 Å². The van der Waals surface area contributed by atoms with E-state index in [9.17, 15) is 19.2 Å². The van der Waals surface area contributed by atoms with Gasteiger partial charge in [0.1, 0.15) is 25.0 Å². The Hall–Kier alpha value is -2.62. The van der Waals surface area contributed by atoms with E-state index in [1.807, 2.05) is 6.92 Å². The molecule has 2 heterocycles. The molecule has 1 aromatic heterocycles. The fourth-order valence-corrected chi connectivity index (χ4v) is 2.65. The minimum atomic E-state index is -0.839. The molecule has 0 aromatic carbocycles. The molecule has 3 atom stereocenters. The molecular formula is C17H24N2O8. The summed E-state index contributed by atoms with van der Waals surface area (Å²) in [5.41, 5.74) is -0.792. The summed E-state index contributed by atoms with van der Waals surface area (Å²) in [5.74, 6) is -0.523. The fraction of sp³-hybridized carbons (Fsp3) is 0.647. The average Bonchev–Trinajstić information content (AvgIpc) is 2.98. The van der Waals surface area contributed by atoms with Gasteiger partial charge in [-0.25, -0.2) is 9.59 Å². The van der Waals surface area contributed by atoms with E-state index in [1.54, 1.807) is 6.92 Å². The number of nitrogens with one attached hydrogen (secondary N) is 1. The second kappa shape index (κ2) is 9.36. The summed E-state index contributed by atoms with van der Waals surface area (Å²) >= 11 is 0. The van der Waals surface area contributed by atoms with Gasteiger partial charge in [-0.05, 0) is 13.3 Å². The third-order valence-electron chi connectivity index (χ3n) is 4.04. The molecule has 27 heavy (non-hydrogen) atoms. The monoisotopic (exact) mass is 384 g/mol. The predicted octanol–water partition coefficient (Wildman–Crippen LogP) is 1.02. The number of rotatable bonds is 7. The van der Waals surface area contributed by atoms with Gasteiger partial charge in [0.2, 0.25) is 0 Å². The van der Waals surface area contributed by atoms with Gasteiger partial charge < -0.3 is 18.9 Å². The van der Waals surface area contributed by atoms with Gasteiger partial charge in [-0.2, -0.15) is 0 Å². The molecule has 0 amide bonds. The molecule has 0 aliphatic carbocycles. The number of unbranched alkanes of at least 4 members (excludes halogenated alkanes) is 1. The van der Waals surface area contributed by atoms with Crippen LogP contribution in [0.15, 0.2) is 15.8 Å². The van der Waals surface area contributed by atoms with Crippen LogP contribution >= 0.6 is 0 Å². The molecule has 1 aliphatic heterocycles. The number of carbonyl (C=O) groups excluding carboxylic acids is 2. The van der Waals surface area contributed by atoms with Gasteiger partial charge in [0, 0.05) is 25.1 Å². The van der Waals surface area contributed by atoms with Crippen LogP contribution in [0.3, 0.4) is 0 Å². The third kappa shape index (κ3) is 5.68. The first-order chi connectivity index (χ1) is 12.8. The van der Waals surface area contributed by atoms with Crippen LogP contribution in [0.1, 0.15) is 44.9 Å². The Morgan fingerprint density at radius 1 is 1.33 bits per heavy atom. The number of aromatic nitrogens is 2. The average molecular weight is 384 g/mol. The molecule has 10 heteroatoms. The second-order valence-corrected chi connectivity index (χ2v) is 6.25. The van der Waals surface area contributed by atoms with Crippen LogP contribution < -0.4 is 11.2 Å². The summed E-state index contributed by atoms with van der Waals surface area (Å²) in [6, 6.07) is 0. The standard InChI is InChI=1S/C17H24N2O8/c1-4-5-6-24-17(23)25-9-13-12(26-11(3)20)7-14(27-13)19-8-10(2)15(21)18-16(19)22/h8,12-14H,4-7,9H2,1-3H3,(H,18,21,22)/t12-,13+,14+/m0/s1. The van der Waals surface area contributed by atoms with E-state index >= 15 is 0 Å². The number of nitrogens with zero attached hydrogens (tertiary/aromatic N) is 1. The second-order valence-electron chi connectivity index (χ2n) is 6.25. The van der Waals surface area contributed by atoms with Crippen molar-refractivity contribution in [2.45, 2.75) is 58.5 Å². The van der Waals surface area contributed by atoms with Crippen LogP contribution in [-0.4, -0.2) is 47.1 Å². The Kier molecular flexibility index (Phi) is 7.17. The van der Waals surface area contributed by atoms with Crippen molar-refractivity contribution in [2.75, 3.05) is 13.2 Å². The van der Waals surface area contributed by atoms with Crippen LogP contribution in [0.4, 0.5) is 4.79 Å². The van der Waals surface area contributed by atoms with Crippen LogP contribution in [0.2, 0.25) is 0 Å². The lowest BCUT2D eigenvalue weighted by molar-refractivity contribution is -0.150. The van der Waals surface area contributed by atoms with Crippen LogP contribution in [-0.2, 0) is 23.7 Å². The van der Waals surface area contributed by atoms with Gasteiger partial charge >= 0.3 is 17.8 Å². The van der Waals surface area contributed by atoms with Crippen molar-refractivity contribution < 1.29 is 28.5 Å². The van der Waals surface area contributed by atoms with E-state index in [2.05, 4.69) is 4.98 Å². The van der Waals surface area contributed by atoms with E-state index in [0.717, 1.165) is 12.8 Å². The molecular weight excluding hydrogens is 360 g/mol. The SMILES string of the molecule is CCCCOC(=O)OC[C@H]1O[C@@H](n2cc(C)c(=O)[nH]c2=O)C[C@@H]1OC(C)=O. The number of aryl methyl sites for hydroxylation is 1. The number of esters is 1. The summed E-state index contributed by atoms with van der Waals surface area (Å²) in [7, 11) is 0. The first-order valence-electron chi connectivity index (χ1n) is 8.76. The number of hydrogen-bond acceptors (Lipinski definition) is 8.